The third-order valence-corrected chi connectivity index (χ3v) is 3.38. The molecule has 2 rings (SSSR count). The third kappa shape index (κ3) is 2.21. The number of hydrogen-bond donors (Lipinski definition) is 0. The summed E-state index contributed by atoms with van der Waals surface area (Å²) in [7, 11) is 0. The summed E-state index contributed by atoms with van der Waals surface area (Å²) in [6.07, 6.45) is 2.13. The van der Waals surface area contributed by atoms with E-state index < -0.39 is 0 Å². The van der Waals surface area contributed by atoms with Gasteiger partial charge in [0.25, 0.3) is 0 Å². The monoisotopic (exact) mass is 231 g/mol. The van der Waals surface area contributed by atoms with E-state index in [1.54, 1.807) is 0 Å². The molecule has 1 aromatic rings. The number of carbonyl (C=O) groups excluding carboxylic acids is 1. The molecule has 17 heavy (non-hydrogen) atoms. The van der Waals surface area contributed by atoms with Crippen LogP contribution >= 0.6 is 0 Å². The molecule has 0 saturated heterocycles. The molecule has 1 aromatic carbocycles. The first kappa shape index (κ1) is 12.2. The largest absolute Gasteiger partial charge is 0.309 e. The van der Waals surface area contributed by atoms with Crippen LogP contribution in [0, 0.1) is 5.41 Å². The van der Waals surface area contributed by atoms with Gasteiger partial charge in [0.2, 0.25) is 5.91 Å². The Hall–Kier alpha value is -1.31. The predicted molar refractivity (Wildman–Crippen MR) is 71.2 cm³/mol. The number of rotatable bonds is 0. The van der Waals surface area contributed by atoms with Crippen LogP contribution in [0.15, 0.2) is 24.3 Å². The Morgan fingerprint density at radius 3 is 2.59 bits per heavy atom. The van der Waals surface area contributed by atoms with E-state index in [9.17, 15) is 4.79 Å². The van der Waals surface area contributed by atoms with Gasteiger partial charge in [-0.2, -0.15) is 0 Å². The van der Waals surface area contributed by atoms with Gasteiger partial charge in [0, 0.05) is 17.1 Å². The fourth-order valence-electron chi connectivity index (χ4n) is 2.36. The normalized spacial score (nSPS) is 20.0. The molecule has 0 N–H and O–H groups in total. The maximum absolute atomic E-state index is 12.5. The van der Waals surface area contributed by atoms with E-state index in [4.69, 9.17) is 0 Å². The molecule has 92 valence electrons. The maximum Gasteiger partial charge on any atom is 0.232 e. The van der Waals surface area contributed by atoms with Crippen molar-refractivity contribution in [2.75, 3.05) is 4.90 Å². The van der Waals surface area contributed by atoms with Gasteiger partial charge in [-0.1, -0.05) is 39.0 Å². The van der Waals surface area contributed by atoms with E-state index in [0.29, 0.717) is 6.04 Å². The van der Waals surface area contributed by atoms with E-state index in [0.717, 1.165) is 18.5 Å². The van der Waals surface area contributed by atoms with E-state index in [2.05, 4.69) is 25.1 Å². The van der Waals surface area contributed by atoms with Gasteiger partial charge in [-0.3, -0.25) is 4.79 Å². The van der Waals surface area contributed by atoms with Gasteiger partial charge in [-0.25, -0.2) is 0 Å². The van der Waals surface area contributed by atoms with Crippen molar-refractivity contribution in [1.29, 1.82) is 0 Å². The van der Waals surface area contributed by atoms with Crippen molar-refractivity contribution in [3.63, 3.8) is 0 Å². The fraction of sp³-hybridized carbons (Fsp3) is 0.533. The lowest BCUT2D eigenvalue weighted by molar-refractivity contribution is -0.126. The topological polar surface area (TPSA) is 20.3 Å². The van der Waals surface area contributed by atoms with Gasteiger partial charge >= 0.3 is 0 Å². The fourth-order valence-corrected chi connectivity index (χ4v) is 2.36. The first-order valence-corrected chi connectivity index (χ1v) is 6.33. The van der Waals surface area contributed by atoms with Gasteiger partial charge < -0.3 is 4.90 Å². The lowest BCUT2D eigenvalue weighted by Gasteiger charge is -2.38. The van der Waals surface area contributed by atoms with Gasteiger partial charge in [-0.15, -0.1) is 0 Å². The Bertz CT molecular complexity index is 431. The minimum Gasteiger partial charge on any atom is -0.309 e. The molecule has 1 aliphatic heterocycles. The van der Waals surface area contributed by atoms with E-state index >= 15 is 0 Å². The molecule has 0 bridgehead atoms. The van der Waals surface area contributed by atoms with Gasteiger partial charge in [0.15, 0.2) is 0 Å². The third-order valence-electron chi connectivity index (χ3n) is 3.38. The number of nitrogens with zero attached hydrogens (tertiary/aromatic N) is 1. The number of hydrogen-bond acceptors (Lipinski definition) is 1. The number of carbonyl (C=O) groups is 1. The van der Waals surface area contributed by atoms with Gasteiger partial charge in [0.1, 0.15) is 0 Å². The van der Waals surface area contributed by atoms with Crippen molar-refractivity contribution >= 4 is 11.6 Å². The number of aryl methyl sites for hydroxylation is 1. The lowest BCUT2D eigenvalue weighted by Crippen LogP contribution is -2.47. The van der Waals surface area contributed by atoms with Crippen LogP contribution in [0.1, 0.15) is 39.7 Å². The first-order chi connectivity index (χ1) is 7.91. The molecule has 0 fully saturated rings. The molecule has 1 amide bonds. The molecule has 2 heteroatoms. The van der Waals surface area contributed by atoms with E-state index in [1.807, 2.05) is 31.7 Å². The first-order valence-electron chi connectivity index (χ1n) is 6.33. The summed E-state index contributed by atoms with van der Waals surface area (Å²) in [4.78, 5) is 14.5. The number of benzene rings is 1. The summed E-state index contributed by atoms with van der Waals surface area (Å²) in [6.45, 7) is 8.09. The highest BCUT2D eigenvalue weighted by molar-refractivity contribution is 5.98. The molecule has 1 atom stereocenters. The molecule has 0 saturated carbocycles. The minimum absolute atomic E-state index is 0.220. The summed E-state index contributed by atoms with van der Waals surface area (Å²) in [5.74, 6) is 0.220. The molecule has 2 nitrogen and oxygen atoms in total. The summed E-state index contributed by atoms with van der Waals surface area (Å²) in [5, 5.41) is 0. The minimum atomic E-state index is -0.321. The van der Waals surface area contributed by atoms with Crippen molar-refractivity contribution < 1.29 is 4.79 Å². The standard InChI is InChI=1S/C15H21NO/c1-11-9-10-12-7-5-6-8-13(12)16(11)14(17)15(2,3)4/h5-8,11H,9-10H2,1-4H3. The Morgan fingerprint density at radius 2 is 1.94 bits per heavy atom. The highest BCUT2D eigenvalue weighted by Crippen LogP contribution is 2.33. The van der Waals surface area contributed by atoms with Crippen molar-refractivity contribution in [2.24, 2.45) is 5.41 Å². The lowest BCUT2D eigenvalue weighted by atomic mass is 9.90. The highest BCUT2D eigenvalue weighted by Gasteiger charge is 2.34. The van der Waals surface area contributed by atoms with Crippen molar-refractivity contribution in [1.82, 2.24) is 0 Å². The maximum atomic E-state index is 12.5. The van der Waals surface area contributed by atoms with Crippen LogP contribution in [-0.2, 0) is 11.2 Å². The smallest absolute Gasteiger partial charge is 0.232 e. The second kappa shape index (κ2) is 4.17. The molecular weight excluding hydrogens is 210 g/mol. The predicted octanol–water partition coefficient (Wildman–Crippen LogP) is 3.40. The zero-order valence-electron chi connectivity index (χ0n) is 11.2. The van der Waals surface area contributed by atoms with Crippen LogP contribution in [-0.4, -0.2) is 11.9 Å². The molecule has 0 spiro atoms. The quantitative estimate of drug-likeness (QED) is 0.670. The number of amides is 1. The Morgan fingerprint density at radius 1 is 1.29 bits per heavy atom. The molecule has 0 aromatic heterocycles. The Labute approximate surface area is 104 Å². The van der Waals surface area contributed by atoms with Crippen LogP contribution in [0.5, 0.6) is 0 Å². The molecule has 1 aliphatic rings. The molecular formula is C15H21NO. The Balaban J connectivity index is 2.43. The van der Waals surface area contributed by atoms with Gasteiger partial charge in [0.05, 0.1) is 0 Å². The number of para-hydroxylation sites is 1. The molecule has 0 radical (unpaired) electrons. The van der Waals surface area contributed by atoms with E-state index in [1.165, 1.54) is 5.56 Å². The van der Waals surface area contributed by atoms with E-state index in [-0.39, 0.29) is 11.3 Å². The summed E-state index contributed by atoms with van der Waals surface area (Å²) in [5.41, 5.74) is 2.08. The summed E-state index contributed by atoms with van der Waals surface area (Å²) < 4.78 is 0. The zero-order chi connectivity index (χ0) is 12.6. The molecule has 1 unspecified atom stereocenters. The average molecular weight is 231 g/mol. The van der Waals surface area contributed by atoms with Crippen molar-refractivity contribution in [3.8, 4) is 0 Å². The van der Waals surface area contributed by atoms with Crippen LogP contribution in [0.2, 0.25) is 0 Å². The summed E-state index contributed by atoms with van der Waals surface area (Å²) >= 11 is 0. The summed E-state index contributed by atoms with van der Waals surface area (Å²) in [6, 6.07) is 8.56. The van der Waals surface area contributed by atoms with Crippen LogP contribution in [0.4, 0.5) is 5.69 Å². The number of fused-ring (bicyclic) bond motifs is 1. The van der Waals surface area contributed by atoms with Gasteiger partial charge in [-0.05, 0) is 31.4 Å². The van der Waals surface area contributed by atoms with Crippen LogP contribution in [0.3, 0.4) is 0 Å². The van der Waals surface area contributed by atoms with Crippen molar-refractivity contribution in [2.45, 2.75) is 46.6 Å². The highest BCUT2D eigenvalue weighted by atomic mass is 16.2. The second-order valence-corrected chi connectivity index (χ2v) is 5.94. The molecule has 1 heterocycles. The second-order valence-electron chi connectivity index (χ2n) is 5.94. The molecule has 0 aliphatic carbocycles. The SMILES string of the molecule is CC1CCc2ccccc2N1C(=O)C(C)(C)C. The Kier molecular flexibility index (Phi) is 2.98. The van der Waals surface area contributed by atoms with Crippen LogP contribution < -0.4 is 4.90 Å². The average Bonchev–Trinajstić information content (AvgIpc) is 2.27. The zero-order valence-corrected chi connectivity index (χ0v) is 11.2. The van der Waals surface area contributed by atoms with Crippen LogP contribution in [0.25, 0.3) is 0 Å². The van der Waals surface area contributed by atoms with Crippen molar-refractivity contribution in [3.05, 3.63) is 29.8 Å². The number of anilines is 1.